The first-order chi connectivity index (χ1) is 10.1. The molecule has 0 amide bonds. The Balaban J connectivity index is 1.88. The van der Waals surface area contributed by atoms with E-state index in [1.54, 1.807) is 18.2 Å². The predicted molar refractivity (Wildman–Crippen MR) is 81.0 cm³/mol. The number of carboxylic acids is 1. The van der Waals surface area contributed by atoms with Crippen molar-refractivity contribution in [3.8, 4) is 5.75 Å². The summed E-state index contributed by atoms with van der Waals surface area (Å²) in [7, 11) is 0. The van der Waals surface area contributed by atoms with Gasteiger partial charge in [0, 0.05) is 6.54 Å². The lowest BCUT2D eigenvalue weighted by molar-refractivity contribution is 0.0696. The highest BCUT2D eigenvalue weighted by Gasteiger charge is 2.22. The van der Waals surface area contributed by atoms with E-state index >= 15 is 0 Å². The summed E-state index contributed by atoms with van der Waals surface area (Å²) >= 11 is 0. The second kappa shape index (κ2) is 5.48. The van der Waals surface area contributed by atoms with Gasteiger partial charge < -0.3 is 14.7 Å². The van der Waals surface area contributed by atoms with Crippen LogP contribution >= 0.6 is 0 Å². The first-order valence-electron chi connectivity index (χ1n) is 6.96. The highest BCUT2D eigenvalue weighted by Crippen LogP contribution is 2.33. The lowest BCUT2D eigenvalue weighted by atomic mass is 10.1. The van der Waals surface area contributed by atoms with Crippen LogP contribution in [-0.2, 0) is 6.54 Å². The predicted octanol–water partition coefficient (Wildman–Crippen LogP) is 3.17. The van der Waals surface area contributed by atoms with Crippen LogP contribution in [0.4, 0.5) is 5.69 Å². The molecule has 1 unspecified atom stereocenters. The Morgan fingerprint density at radius 1 is 1.29 bits per heavy atom. The minimum absolute atomic E-state index is 0.113. The van der Waals surface area contributed by atoms with Crippen molar-refractivity contribution in [1.29, 1.82) is 0 Å². The van der Waals surface area contributed by atoms with Crippen molar-refractivity contribution in [2.75, 3.05) is 11.4 Å². The number of aromatic carboxylic acids is 1. The minimum Gasteiger partial charge on any atom is -0.487 e. The van der Waals surface area contributed by atoms with Gasteiger partial charge in [0.25, 0.3) is 0 Å². The van der Waals surface area contributed by atoms with Crippen LogP contribution in [0.3, 0.4) is 0 Å². The summed E-state index contributed by atoms with van der Waals surface area (Å²) in [6.07, 6.45) is 0.113. The first-order valence-corrected chi connectivity index (χ1v) is 6.96. The summed E-state index contributed by atoms with van der Waals surface area (Å²) < 4.78 is 5.83. The number of carbonyl (C=O) groups is 1. The molecule has 108 valence electrons. The fourth-order valence-corrected chi connectivity index (χ4v) is 2.65. The number of rotatable bonds is 3. The molecule has 1 heterocycles. The van der Waals surface area contributed by atoms with Crippen LogP contribution in [0, 0.1) is 0 Å². The number of para-hydroxylation sites is 2. The van der Waals surface area contributed by atoms with Crippen molar-refractivity contribution in [1.82, 2.24) is 0 Å². The molecular formula is C17H17NO3. The second-order valence-corrected chi connectivity index (χ2v) is 5.28. The van der Waals surface area contributed by atoms with Gasteiger partial charge in [0.15, 0.2) is 0 Å². The highest BCUT2D eigenvalue weighted by atomic mass is 16.5. The van der Waals surface area contributed by atoms with Crippen molar-refractivity contribution >= 4 is 11.7 Å². The molecule has 0 radical (unpaired) electrons. The van der Waals surface area contributed by atoms with Gasteiger partial charge in [-0.15, -0.1) is 0 Å². The Morgan fingerprint density at radius 2 is 2.10 bits per heavy atom. The van der Waals surface area contributed by atoms with Crippen molar-refractivity contribution in [3.05, 3.63) is 59.7 Å². The standard InChI is InChI=1S/C17H17NO3/c1-12-10-18(15-7-2-3-8-16(15)21-12)11-13-5-4-6-14(9-13)17(19)20/h2-9,12H,10-11H2,1H3,(H,19,20). The number of fused-ring (bicyclic) bond motifs is 1. The van der Waals surface area contributed by atoms with Gasteiger partial charge in [0.1, 0.15) is 11.9 Å². The van der Waals surface area contributed by atoms with Gasteiger partial charge in [-0.05, 0) is 36.8 Å². The van der Waals surface area contributed by atoms with Gasteiger partial charge in [-0.25, -0.2) is 4.79 Å². The summed E-state index contributed by atoms with van der Waals surface area (Å²) in [6.45, 7) is 3.50. The van der Waals surface area contributed by atoms with E-state index in [1.165, 1.54) is 0 Å². The van der Waals surface area contributed by atoms with Crippen molar-refractivity contribution < 1.29 is 14.6 Å². The Hall–Kier alpha value is -2.49. The molecule has 0 saturated heterocycles. The van der Waals surface area contributed by atoms with E-state index in [0.29, 0.717) is 12.1 Å². The molecule has 21 heavy (non-hydrogen) atoms. The van der Waals surface area contributed by atoms with Gasteiger partial charge in [-0.1, -0.05) is 24.3 Å². The van der Waals surface area contributed by atoms with E-state index in [4.69, 9.17) is 9.84 Å². The maximum absolute atomic E-state index is 11.1. The van der Waals surface area contributed by atoms with Crippen LogP contribution in [0.15, 0.2) is 48.5 Å². The smallest absolute Gasteiger partial charge is 0.335 e. The third-order valence-corrected chi connectivity index (χ3v) is 3.56. The second-order valence-electron chi connectivity index (χ2n) is 5.28. The van der Waals surface area contributed by atoms with Crippen LogP contribution in [-0.4, -0.2) is 23.7 Å². The first kappa shape index (κ1) is 13.5. The molecule has 0 aromatic heterocycles. The van der Waals surface area contributed by atoms with Gasteiger partial charge in [0.2, 0.25) is 0 Å². The third kappa shape index (κ3) is 2.84. The minimum atomic E-state index is -0.896. The van der Waals surface area contributed by atoms with Crippen LogP contribution in [0.25, 0.3) is 0 Å². The highest BCUT2D eigenvalue weighted by molar-refractivity contribution is 5.87. The summed E-state index contributed by atoms with van der Waals surface area (Å²) in [4.78, 5) is 13.3. The molecular weight excluding hydrogens is 266 g/mol. The van der Waals surface area contributed by atoms with Crippen molar-refractivity contribution in [2.24, 2.45) is 0 Å². The fourth-order valence-electron chi connectivity index (χ4n) is 2.65. The van der Waals surface area contributed by atoms with Crippen molar-refractivity contribution in [2.45, 2.75) is 19.6 Å². The number of benzene rings is 2. The monoisotopic (exact) mass is 283 g/mol. The number of ether oxygens (including phenoxy) is 1. The van der Waals surface area contributed by atoms with Crippen molar-refractivity contribution in [3.63, 3.8) is 0 Å². The molecule has 1 aliphatic rings. The maximum atomic E-state index is 11.1. The number of carboxylic acid groups (broad SMARTS) is 1. The number of anilines is 1. The number of hydrogen-bond donors (Lipinski definition) is 1. The molecule has 0 spiro atoms. The quantitative estimate of drug-likeness (QED) is 0.940. The van der Waals surface area contributed by atoms with E-state index < -0.39 is 5.97 Å². The van der Waals surface area contributed by atoms with E-state index in [0.717, 1.165) is 23.5 Å². The summed E-state index contributed by atoms with van der Waals surface area (Å²) in [5, 5.41) is 9.08. The zero-order valence-electron chi connectivity index (χ0n) is 11.8. The summed E-state index contributed by atoms with van der Waals surface area (Å²) in [5.41, 5.74) is 2.36. The molecule has 3 rings (SSSR count). The molecule has 4 heteroatoms. The fraction of sp³-hybridized carbons (Fsp3) is 0.235. The van der Waals surface area contributed by atoms with Gasteiger partial charge >= 0.3 is 5.97 Å². The Kier molecular flexibility index (Phi) is 3.52. The van der Waals surface area contributed by atoms with Gasteiger partial charge in [-0.2, -0.15) is 0 Å². The Bertz CT molecular complexity index is 669. The molecule has 0 fully saturated rings. The Morgan fingerprint density at radius 3 is 2.90 bits per heavy atom. The molecule has 1 N–H and O–H groups in total. The Labute approximate surface area is 123 Å². The number of hydrogen-bond acceptors (Lipinski definition) is 3. The molecule has 0 bridgehead atoms. The average molecular weight is 283 g/mol. The van der Waals surface area contributed by atoms with E-state index in [9.17, 15) is 4.79 Å². The molecule has 2 aromatic rings. The molecule has 4 nitrogen and oxygen atoms in total. The summed E-state index contributed by atoms with van der Waals surface area (Å²) in [6, 6.07) is 15.0. The molecule has 0 aliphatic carbocycles. The zero-order valence-corrected chi connectivity index (χ0v) is 11.8. The molecule has 1 atom stereocenters. The van der Waals surface area contributed by atoms with Crippen LogP contribution in [0.5, 0.6) is 5.75 Å². The van der Waals surface area contributed by atoms with E-state index in [2.05, 4.69) is 4.90 Å². The molecule has 2 aromatic carbocycles. The van der Waals surface area contributed by atoms with Crippen LogP contribution in [0.1, 0.15) is 22.8 Å². The normalized spacial score (nSPS) is 17.0. The third-order valence-electron chi connectivity index (χ3n) is 3.56. The topological polar surface area (TPSA) is 49.8 Å². The van der Waals surface area contributed by atoms with Gasteiger partial charge in [-0.3, -0.25) is 0 Å². The van der Waals surface area contributed by atoms with Gasteiger partial charge in [0.05, 0.1) is 17.8 Å². The van der Waals surface area contributed by atoms with E-state index in [1.807, 2.05) is 37.3 Å². The maximum Gasteiger partial charge on any atom is 0.335 e. The lowest BCUT2D eigenvalue weighted by Crippen LogP contribution is -2.37. The zero-order chi connectivity index (χ0) is 14.8. The molecule has 0 saturated carbocycles. The van der Waals surface area contributed by atoms with Crippen LogP contribution < -0.4 is 9.64 Å². The molecule has 1 aliphatic heterocycles. The summed E-state index contributed by atoms with van der Waals surface area (Å²) in [5.74, 6) is -0.0155. The lowest BCUT2D eigenvalue weighted by Gasteiger charge is -2.35. The SMILES string of the molecule is CC1CN(Cc2cccc(C(=O)O)c2)c2ccccc2O1. The van der Waals surface area contributed by atoms with Crippen LogP contribution in [0.2, 0.25) is 0 Å². The average Bonchev–Trinajstić information content (AvgIpc) is 2.47. The number of nitrogens with zero attached hydrogens (tertiary/aromatic N) is 1. The largest absolute Gasteiger partial charge is 0.487 e. The van der Waals surface area contributed by atoms with E-state index in [-0.39, 0.29) is 6.10 Å².